The fourth-order valence-corrected chi connectivity index (χ4v) is 3.18. The number of nitrogens with one attached hydrogen (secondary N) is 1. The second-order valence-electron chi connectivity index (χ2n) is 5.85. The van der Waals surface area contributed by atoms with Crippen molar-refractivity contribution in [3.63, 3.8) is 0 Å². The molecule has 2 atom stereocenters. The first-order valence-electron chi connectivity index (χ1n) is 7.33. The van der Waals surface area contributed by atoms with E-state index < -0.39 is 5.82 Å². The van der Waals surface area contributed by atoms with E-state index in [0.717, 1.165) is 18.3 Å². The number of hydrogen-bond donors (Lipinski definition) is 2. The summed E-state index contributed by atoms with van der Waals surface area (Å²) in [5.41, 5.74) is 0.466. The molecule has 1 amide bonds. The van der Waals surface area contributed by atoms with Crippen LogP contribution >= 0.6 is 12.6 Å². The van der Waals surface area contributed by atoms with Crippen molar-refractivity contribution in [1.82, 2.24) is 5.32 Å². The molecule has 0 heterocycles. The quantitative estimate of drug-likeness (QED) is 0.806. The third kappa shape index (κ3) is 4.23. The summed E-state index contributed by atoms with van der Waals surface area (Å²) in [6, 6.07) is 4.24. The van der Waals surface area contributed by atoms with Crippen LogP contribution in [0.1, 0.15) is 49.4 Å². The van der Waals surface area contributed by atoms with Crippen molar-refractivity contribution in [2.24, 2.45) is 11.8 Å². The first-order chi connectivity index (χ1) is 9.56. The van der Waals surface area contributed by atoms with Gasteiger partial charge in [-0.3, -0.25) is 4.79 Å². The molecule has 1 aliphatic rings. The van der Waals surface area contributed by atoms with Crippen molar-refractivity contribution in [2.75, 3.05) is 6.54 Å². The van der Waals surface area contributed by atoms with Crippen LogP contribution in [0.15, 0.2) is 23.1 Å². The van der Waals surface area contributed by atoms with Crippen LogP contribution in [0.4, 0.5) is 4.39 Å². The summed E-state index contributed by atoms with van der Waals surface area (Å²) in [5, 5.41) is 2.91. The summed E-state index contributed by atoms with van der Waals surface area (Å²) in [4.78, 5) is 12.2. The Bertz CT molecular complexity index is 478. The molecule has 1 fully saturated rings. The molecule has 110 valence electrons. The number of benzene rings is 1. The van der Waals surface area contributed by atoms with Gasteiger partial charge in [-0.25, -0.2) is 4.39 Å². The molecule has 0 radical (unpaired) electrons. The molecule has 1 aromatic rings. The zero-order chi connectivity index (χ0) is 14.5. The first-order valence-corrected chi connectivity index (χ1v) is 7.77. The molecule has 1 saturated carbocycles. The Morgan fingerprint density at radius 3 is 2.95 bits per heavy atom. The second kappa shape index (κ2) is 7.11. The van der Waals surface area contributed by atoms with Gasteiger partial charge in [0.1, 0.15) is 5.82 Å². The molecule has 20 heavy (non-hydrogen) atoms. The number of carbonyl (C=O) groups is 1. The lowest BCUT2D eigenvalue weighted by molar-refractivity contribution is 0.0949. The summed E-state index contributed by atoms with van der Waals surface area (Å²) in [7, 11) is 0. The second-order valence-corrected chi connectivity index (χ2v) is 6.33. The highest BCUT2D eigenvalue weighted by molar-refractivity contribution is 7.80. The number of hydrogen-bond acceptors (Lipinski definition) is 2. The molecule has 0 bridgehead atoms. The SMILES string of the molecule is CC1CCCC(CCNC(=O)c2ccc(F)c(S)c2)C1. The third-order valence-corrected chi connectivity index (χ3v) is 4.43. The van der Waals surface area contributed by atoms with Crippen molar-refractivity contribution in [2.45, 2.75) is 43.9 Å². The van der Waals surface area contributed by atoms with E-state index in [1.807, 2.05) is 0 Å². The van der Waals surface area contributed by atoms with E-state index in [1.165, 1.54) is 43.9 Å². The Hall–Kier alpha value is -1.03. The van der Waals surface area contributed by atoms with Gasteiger partial charge in [-0.2, -0.15) is 0 Å². The van der Waals surface area contributed by atoms with Crippen LogP contribution < -0.4 is 5.32 Å². The number of thiol groups is 1. The largest absolute Gasteiger partial charge is 0.352 e. The van der Waals surface area contributed by atoms with Crippen molar-refractivity contribution in [3.05, 3.63) is 29.6 Å². The maximum absolute atomic E-state index is 13.1. The topological polar surface area (TPSA) is 29.1 Å². The highest BCUT2D eigenvalue weighted by atomic mass is 32.1. The van der Waals surface area contributed by atoms with Gasteiger partial charge in [0.15, 0.2) is 0 Å². The van der Waals surface area contributed by atoms with Gasteiger partial charge < -0.3 is 5.32 Å². The van der Waals surface area contributed by atoms with E-state index in [1.54, 1.807) is 0 Å². The van der Waals surface area contributed by atoms with E-state index in [0.29, 0.717) is 12.1 Å². The lowest BCUT2D eigenvalue weighted by Gasteiger charge is -2.26. The monoisotopic (exact) mass is 295 g/mol. The Kier molecular flexibility index (Phi) is 5.46. The van der Waals surface area contributed by atoms with Gasteiger partial charge in [-0.1, -0.05) is 26.2 Å². The van der Waals surface area contributed by atoms with Crippen LogP contribution in [-0.4, -0.2) is 12.5 Å². The lowest BCUT2D eigenvalue weighted by Crippen LogP contribution is -2.27. The van der Waals surface area contributed by atoms with E-state index >= 15 is 0 Å². The van der Waals surface area contributed by atoms with Crippen molar-refractivity contribution in [1.29, 1.82) is 0 Å². The van der Waals surface area contributed by atoms with Gasteiger partial charge in [0.25, 0.3) is 5.91 Å². The first kappa shape index (κ1) is 15.4. The molecule has 2 rings (SSSR count). The molecule has 2 nitrogen and oxygen atoms in total. The Morgan fingerprint density at radius 2 is 2.25 bits per heavy atom. The van der Waals surface area contributed by atoms with Gasteiger partial charge in [-0.15, -0.1) is 12.6 Å². The van der Waals surface area contributed by atoms with Gasteiger partial charge in [0.05, 0.1) is 0 Å². The highest BCUT2D eigenvalue weighted by Gasteiger charge is 2.18. The average molecular weight is 295 g/mol. The molecule has 0 aromatic heterocycles. The summed E-state index contributed by atoms with van der Waals surface area (Å²) >= 11 is 3.99. The fraction of sp³-hybridized carbons (Fsp3) is 0.562. The van der Waals surface area contributed by atoms with Crippen molar-refractivity contribution < 1.29 is 9.18 Å². The fourth-order valence-electron chi connectivity index (χ4n) is 2.97. The molecule has 1 N–H and O–H groups in total. The molecule has 2 unspecified atom stereocenters. The minimum atomic E-state index is -0.402. The van der Waals surface area contributed by atoms with Crippen LogP contribution in [0.2, 0.25) is 0 Å². The minimum absolute atomic E-state index is 0.149. The molecule has 0 spiro atoms. The normalized spacial score (nSPS) is 22.6. The molecule has 0 aliphatic heterocycles. The maximum atomic E-state index is 13.1. The van der Waals surface area contributed by atoms with Gasteiger partial charge in [0.2, 0.25) is 0 Å². The number of amides is 1. The smallest absolute Gasteiger partial charge is 0.251 e. The zero-order valence-corrected chi connectivity index (χ0v) is 12.8. The van der Waals surface area contributed by atoms with Crippen molar-refractivity contribution >= 4 is 18.5 Å². The molecule has 1 aliphatic carbocycles. The average Bonchev–Trinajstić information content (AvgIpc) is 2.42. The maximum Gasteiger partial charge on any atom is 0.251 e. The van der Waals surface area contributed by atoms with Crippen LogP contribution in [-0.2, 0) is 0 Å². The van der Waals surface area contributed by atoms with Crippen LogP contribution in [0.25, 0.3) is 0 Å². The van der Waals surface area contributed by atoms with Crippen LogP contribution in [0, 0.1) is 17.7 Å². The lowest BCUT2D eigenvalue weighted by atomic mass is 9.81. The number of halogens is 1. The van der Waals surface area contributed by atoms with E-state index in [9.17, 15) is 9.18 Å². The van der Waals surface area contributed by atoms with Gasteiger partial charge in [0, 0.05) is 17.0 Å². The predicted octanol–water partition coefficient (Wildman–Crippen LogP) is 4.06. The van der Waals surface area contributed by atoms with Crippen LogP contribution in [0.3, 0.4) is 0 Å². The van der Waals surface area contributed by atoms with E-state index in [-0.39, 0.29) is 10.8 Å². The molecule has 1 aromatic carbocycles. The van der Waals surface area contributed by atoms with Crippen LogP contribution in [0.5, 0.6) is 0 Å². The number of carbonyl (C=O) groups excluding carboxylic acids is 1. The van der Waals surface area contributed by atoms with Gasteiger partial charge >= 0.3 is 0 Å². The molecular weight excluding hydrogens is 273 g/mol. The van der Waals surface area contributed by atoms with E-state index in [2.05, 4.69) is 24.9 Å². The Labute approximate surface area is 125 Å². The molecule has 4 heteroatoms. The molecular formula is C16H22FNOS. The minimum Gasteiger partial charge on any atom is -0.352 e. The summed E-state index contributed by atoms with van der Waals surface area (Å²) in [6.45, 7) is 2.99. The zero-order valence-electron chi connectivity index (χ0n) is 11.9. The summed E-state index contributed by atoms with van der Waals surface area (Å²) in [6.07, 6.45) is 6.22. The molecule has 0 saturated heterocycles. The van der Waals surface area contributed by atoms with E-state index in [4.69, 9.17) is 0 Å². The Morgan fingerprint density at radius 1 is 1.45 bits per heavy atom. The number of rotatable bonds is 4. The summed E-state index contributed by atoms with van der Waals surface area (Å²) < 4.78 is 13.1. The van der Waals surface area contributed by atoms with Gasteiger partial charge in [-0.05, 0) is 42.9 Å². The third-order valence-electron chi connectivity index (χ3n) is 4.09. The standard InChI is InChI=1S/C16H22FNOS/c1-11-3-2-4-12(9-11)7-8-18-16(19)13-5-6-14(17)15(20)10-13/h5-6,10-12,20H,2-4,7-9H2,1H3,(H,18,19). The Balaban J connectivity index is 1.78. The van der Waals surface area contributed by atoms with Crippen molar-refractivity contribution in [3.8, 4) is 0 Å². The highest BCUT2D eigenvalue weighted by Crippen LogP contribution is 2.30. The summed E-state index contributed by atoms with van der Waals surface area (Å²) in [5.74, 6) is 0.992. The predicted molar refractivity (Wildman–Crippen MR) is 81.7 cm³/mol.